The van der Waals surface area contributed by atoms with Gasteiger partial charge in [0.2, 0.25) is 0 Å². The maximum absolute atomic E-state index is 12.3. The van der Waals surface area contributed by atoms with Crippen molar-refractivity contribution in [3.05, 3.63) is 35.4 Å². The van der Waals surface area contributed by atoms with Crippen molar-refractivity contribution >= 4 is 9.84 Å². The Balaban J connectivity index is 2.88. The van der Waals surface area contributed by atoms with Crippen LogP contribution in [0.15, 0.2) is 24.3 Å². The topological polar surface area (TPSA) is 46.2 Å². The van der Waals surface area contributed by atoms with Gasteiger partial charge in [-0.3, -0.25) is 0 Å². The molecule has 0 fully saturated rings. The van der Waals surface area contributed by atoms with E-state index in [1.165, 1.54) is 0 Å². The van der Waals surface area contributed by atoms with Crippen molar-refractivity contribution in [3.63, 3.8) is 0 Å². The lowest BCUT2D eigenvalue weighted by Gasteiger charge is -2.22. The smallest absolute Gasteiger partial charge is 0.158 e. The maximum Gasteiger partial charge on any atom is 0.158 e. The van der Waals surface area contributed by atoms with Gasteiger partial charge in [-0.15, -0.1) is 0 Å². The monoisotopic (exact) mass is 269 g/mol. The molecule has 1 N–H and O–H groups in total. The summed E-state index contributed by atoms with van der Waals surface area (Å²) in [6, 6.07) is 7.70. The third-order valence-electron chi connectivity index (χ3n) is 3.39. The summed E-state index contributed by atoms with van der Waals surface area (Å²) >= 11 is 0. The first-order valence-electron chi connectivity index (χ1n) is 6.35. The Morgan fingerprint density at radius 2 is 2.00 bits per heavy atom. The van der Waals surface area contributed by atoms with Gasteiger partial charge >= 0.3 is 0 Å². The normalized spacial score (nSPS) is 15.3. The summed E-state index contributed by atoms with van der Waals surface area (Å²) in [7, 11) is -1.30. The minimum absolute atomic E-state index is 0.0137. The third-order valence-corrected chi connectivity index (χ3v) is 5.59. The van der Waals surface area contributed by atoms with E-state index in [1.54, 1.807) is 6.92 Å². The quantitative estimate of drug-likeness (QED) is 0.862. The summed E-state index contributed by atoms with van der Waals surface area (Å²) in [6.45, 7) is 5.76. The Morgan fingerprint density at radius 1 is 1.33 bits per heavy atom. The zero-order valence-corrected chi connectivity index (χ0v) is 12.4. The predicted octanol–water partition coefficient (Wildman–Crippen LogP) is 2.30. The Morgan fingerprint density at radius 3 is 2.50 bits per heavy atom. The van der Waals surface area contributed by atoms with Crippen LogP contribution in [-0.4, -0.2) is 26.8 Å². The number of benzene rings is 1. The molecule has 1 aromatic rings. The highest BCUT2D eigenvalue weighted by Gasteiger charge is 2.27. The molecule has 0 aromatic heterocycles. The van der Waals surface area contributed by atoms with Crippen molar-refractivity contribution in [2.75, 3.05) is 7.05 Å². The zero-order valence-electron chi connectivity index (χ0n) is 11.6. The van der Waals surface area contributed by atoms with Crippen molar-refractivity contribution in [2.45, 2.75) is 44.2 Å². The van der Waals surface area contributed by atoms with E-state index < -0.39 is 9.84 Å². The van der Waals surface area contributed by atoms with Crippen LogP contribution in [0.1, 0.15) is 31.4 Å². The second-order valence-corrected chi connectivity index (χ2v) is 7.16. The molecule has 0 amide bonds. The van der Waals surface area contributed by atoms with Gasteiger partial charge in [0.1, 0.15) is 0 Å². The van der Waals surface area contributed by atoms with Gasteiger partial charge in [0.25, 0.3) is 0 Å². The number of aryl methyl sites for hydroxylation is 1. The van der Waals surface area contributed by atoms with E-state index in [1.807, 2.05) is 45.2 Å². The van der Waals surface area contributed by atoms with E-state index in [0.717, 1.165) is 17.5 Å². The fraction of sp³-hybridized carbons (Fsp3) is 0.571. The van der Waals surface area contributed by atoms with Crippen LogP contribution in [0.2, 0.25) is 0 Å². The van der Waals surface area contributed by atoms with Crippen LogP contribution in [0.25, 0.3) is 0 Å². The summed E-state index contributed by atoms with van der Waals surface area (Å²) in [5.41, 5.74) is 1.96. The van der Waals surface area contributed by atoms with Crippen molar-refractivity contribution in [3.8, 4) is 0 Å². The molecule has 0 aliphatic carbocycles. The highest BCUT2D eigenvalue weighted by atomic mass is 32.2. The Bertz CT molecular complexity index is 478. The number of hydrogen-bond acceptors (Lipinski definition) is 3. The molecule has 3 nitrogen and oxygen atoms in total. The molecule has 0 heterocycles. The molecule has 0 radical (unpaired) electrons. The van der Waals surface area contributed by atoms with E-state index in [9.17, 15) is 8.42 Å². The fourth-order valence-electron chi connectivity index (χ4n) is 2.19. The number of nitrogens with one attached hydrogen (secondary N) is 1. The molecule has 4 heteroatoms. The Kier molecular flexibility index (Phi) is 5.35. The van der Waals surface area contributed by atoms with Crippen molar-refractivity contribution in [1.82, 2.24) is 5.32 Å². The van der Waals surface area contributed by atoms with E-state index in [4.69, 9.17) is 0 Å². The summed E-state index contributed by atoms with van der Waals surface area (Å²) in [6.07, 6.45) is 0.810. The van der Waals surface area contributed by atoms with Gasteiger partial charge in [-0.1, -0.05) is 36.8 Å². The molecular weight excluding hydrogens is 246 g/mol. The average Bonchev–Trinajstić information content (AvgIpc) is 2.29. The molecule has 18 heavy (non-hydrogen) atoms. The van der Waals surface area contributed by atoms with Gasteiger partial charge < -0.3 is 5.32 Å². The summed E-state index contributed by atoms with van der Waals surface area (Å²) < 4.78 is 24.7. The molecule has 0 spiro atoms. The minimum Gasteiger partial charge on any atom is -0.316 e. The number of hydrogen-bond donors (Lipinski definition) is 1. The molecule has 0 bridgehead atoms. The van der Waals surface area contributed by atoms with Gasteiger partial charge in [-0.2, -0.15) is 0 Å². The van der Waals surface area contributed by atoms with Crippen LogP contribution in [-0.2, 0) is 15.6 Å². The van der Waals surface area contributed by atoms with E-state index in [-0.39, 0.29) is 17.0 Å². The Hall–Kier alpha value is -0.870. The highest BCUT2D eigenvalue weighted by Crippen LogP contribution is 2.16. The largest absolute Gasteiger partial charge is 0.316 e. The lowest BCUT2D eigenvalue weighted by molar-refractivity contribution is 0.504. The molecule has 1 aromatic carbocycles. The number of rotatable bonds is 6. The molecule has 2 unspecified atom stereocenters. The molecule has 2 atom stereocenters. The molecule has 0 aliphatic heterocycles. The fourth-order valence-corrected chi connectivity index (χ4v) is 3.92. The second-order valence-electron chi connectivity index (χ2n) is 4.80. The molecular formula is C14H23NO2S. The van der Waals surface area contributed by atoms with Gasteiger partial charge in [0.05, 0.1) is 11.0 Å². The van der Waals surface area contributed by atoms with E-state index in [0.29, 0.717) is 0 Å². The third kappa shape index (κ3) is 3.82. The summed E-state index contributed by atoms with van der Waals surface area (Å²) in [5.74, 6) is 0.119. The minimum atomic E-state index is -3.12. The van der Waals surface area contributed by atoms with Crippen molar-refractivity contribution in [1.29, 1.82) is 0 Å². The first kappa shape index (κ1) is 15.2. The molecule has 1 rings (SSSR count). The van der Waals surface area contributed by atoms with Crippen LogP contribution in [0.3, 0.4) is 0 Å². The van der Waals surface area contributed by atoms with Gasteiger partial charge in [-0.25, -0.2) is 8.42 Å². The first-order valence-corrected chi connectivity index (χ1v) is 8.06. The van der Waals surface area contributed by atoms with Crippen LogP contribution in [0.5, 0.6) is 0 Å². The SMILES string of the molecule is CCC(NC)C(C)S(=O)(=O)Cc1cccc(C)c1. The molecule has 102 valence electrons. The maximum atomic E-state index is 12.3. The van der Waals surface area contributed by atoms with Crippen LogP contribution in [0.4, 0.5) is 0 Å². The first-order chi connectivity index (χ1) is 8.40. The lowest BCUT2D eigenvalue weighted by atomic mass is 10.2. The predicted molar refractivity (Wildman–Crippen MR) is 76.4 cm³/mol. The van der Waals surface area contributed by atoms with Crippen molar-refractivity contribution in [2.24, 2.45) is 0 Å². The van der Waals surface area contributed by atoms with Crippen molar-refractivity contribution < 1.29 is 8.42 Å². The van der Waals surface area contributed by atoms with E-state index in [2.05, 4.69) is 5.32 Å². The average molecular weight is 269 g/mol. The van der Waals surface area contributed by atoms with Crippen LogP contribution in [0, 0.1) is 6.92 Å². The van der Waals surface area contributed by atoms with Crippen LogP contribution >= 0.6 is 0 Å². The molecule has 0 saturated heterocycles. The van der Waals surface area contributed by atoms with E-state index >= 15 is 0 Å². The number of sulfone groups is 1. The molecule has 0 aliphatic rings. The second kappa shape index (κ2) is 6.34. The Labute approximate surface area is 111 Å². The summed E-state index contributed by atoms with van der Waals surface area (Å²) in [5, 5.41) is 2.71. The van der Waals surface area contributed by atoms with Gasteiger partial charge in [-0.05, 0) is 32.9 Å². The van der Waals surface area contributed by atoms with Gasteiger partial charge in [0.15, 0.2) is 9.84 Å². The zero-order chi connectivity index (χ0) is 13.8. The van der Waals surface area contributed by atoms with Crippen LogP contribution < -0.4 is 5.32 Å². The standard InChI is InChI=1S/C14H23NO2S/c1-5-14(15-4)12(3)18(16,17)10-13-8-6-7-11(2)9-13/h6-9,12,14-15H,5,10H2,1-4H3. The lowest BCUT2D eigenvalue weighted by Crippen LogP contribution is -2.40. The highest BCUT2D eigenvalue weighted by molar-refractivity contribution is 7.91. The summed E-state index contributed by atoms with van der Waals surface area (Å²) in [4.78, 5) is 0. The molecule has 0 saturated carbocycles. The van der Waals surface area contributed by atoms with Gasteiger partial charge in [0, 0.05) is 6.04 Å².